The van der Waals surface area contributed by atoms with E-state index in [1.165, 1.54) is 6.20 Å². The van der Waals surface area contributed by atoms with Crippen molar-refractivity contribution in [1.29, 1.82) is 0 Å². The summed E-state index contributed by atoms with van der Waals surface area (Å²) in [5.74, 6) is -1.27. The molecule has 0 amide bonds. The van der Waals surface area contributed by atoms with Crippen LogP contribution in [0.4, 0.5) is 8.78 Å². The topological polar surface area (TPSA) is 43.6 Å². The monoisotopic (exact) mass is 294 g/mol. The molecule has 0 spiro atoms. The summed E-state index contributed by atoms with van der Waals surface area (Å²) in [5.41, 5.74) is 1.55. The van der Waals surface area contributed by atoms with Crippen molar-refractivity contribution < 1.29 is 8.78 Å². The molecule has 3 aromatic rings. The summed E-state index contributed by atoms with van der Waals surface area (Å²) in [5, 5.41) is 7.65. The first-order chi connectivity index (χ1) is 9.60. The second kappa shape index (κ2) is 4.79. The minimum Gasteiger partial charge on any atom is -0.324 e. The average molecular weight is 295 g/mol. The van der Waals surface area contributed by atoms with Crippen LogP contribution >= 0.6 is 11.6 Å². The molecule has 0 atom stereocenters. The third-order valence-electron chi connectivity index (χ3n) is 2.99. The summed E-state index contributed by atoms with van der Waals surface area (Å²) in [4.78, 5) is 4.33. The Morgan fingerprint density at radius 3 is 2.65 bits per heavy atom. The van der Waals surface area contributed by atoms with Gasteiger partial charge in [0.2, 0.25) is 0 Å². The molecule has 0 radical (unpaired) electrons. The van der Waals surface area contributed by atoms with Gasteiger partial charge in [-0.2, -0.15) is 5.10 Å². The lowest BCUT2D eigenvalue weighted by Gasteiger charge is -2.05. The zero-order valence-electron chi connectivity index (χ0n) is 10.4. The van der Waals surface area contributed by atoms with Crippen molar-refractivity contribution in [2.75, 3.05) is 0 Å². The Bertz CT molecular complexity index is 800. The Kier molecular flexibility index (Phi) is 3.10. The van der Waals surface area contributed by atoms with E-state index in [1.807, 2.05) is 6.92 Å². The zero-order valence-corrected chi connectivity index (χ0v) is 11.2. The van der Waals surface area contributed by atoms with Crippen LogP contribution in [-0.4, -0.2) is 19.7 Å². The first-order valence-electron chi connectivity index (χ1n) is 5.94. The van der Waals surface area contributed by atoms with Crippen LogP contribution in [0.25, 0.3) is 22.4 Å². The van der Waals surface area contributed by atoms with E-state index in [1.54, 1.807) is 10.6 Å². The lowest BCUT2D eigenvalue weighted by Crippen LogP contribution is -1.98. The molecule has 0 fully saturated rings. The minimum atomic E-state index is -0.921. The van der Waals surface area contributed by atoms with Crippen LogP contribution in [0.2, 0.25) is 5.15 Å². The van der Waals surface area contributed by atoms with Gasteiger partial charge in [0, 0.05) is 24.2 Å². The smallest absolute Gasteiger partial charge is 0.161 e. The molecule has 0 aliphatic heterocycles. The molecule has 0 N–H and O–H groups in total. The van der Waals surface area contributed by atoms with E-state index in [0.717, 1.165) is 12.1 Å². The van der Waals surface area contributed by atoms with Gasteiger partial charge in [-0.05, 0) is 13.0 Å². The number of hydrogen-bond acceptors (Lipinski definition) is 3. The number of imidazole rings is 1. The first-order valence-corrected chi connectivity index (χ1v) is 6.32. The highest BCUT2D eigenvalue weighted by Crippen LogP contribution is 2.26. The van der Waals surface area contributed by atoms with Crippen LogP contribution in [0.1, 0.15) is 6.92 Å². The maximum absolute atomic E-state index is 13.4. The summed E-state index contributed by atoms with van der Waals surface area (Å²) in [7, 11) is 0. The van der Waals surface area contributed by atoms with E-state index in [9.17, 15) is 8.78 Å². The van der Waals surface area contributed by atoms with E-state index < -0.39 is 11.6 Å². The molecule has 0 bridgehead atoms. The van der Waals surface area contributed by atoms with E-state index in [-0.39, 0.29) is 5.15 Å². The minimum absolute atomic E-state index is 0.231. The fourth-order valence-electron chi connectivity index (χ4n) is 2.12. The molecule has 7 heteroatoms. The highest BCUT2D eigenvalue weighted by Gasteiger charge is 2.15. The molecule has 0 aliphatic carbocycles. The Balaban J connectivity index is 2.31. The summed E-state index contributed by atoms with van der Waals surface area (Å²) in [6.07, 6.45) is 1.51. The Hall–Kier alpha value is -2.08. The number of hydrogen-bond donors (Lipinski definition) is 0. The average Bonchev–Trinajstić information content (AvgIpc) is 2.77. The SMILES string of the molecule is CCn1c(-c2cnnc(Cl)c2)nc2cc(F)c(F)cc21. The van der Waals surface area contributed by atoms with Gasteiger partial charge >= 0.3 is 0 Å². The Morgan fingerprint density at radius 2 is 1.95 bits per heavy atom. The summed E-state index contributed by atoms with van der Waals surface area (Å²) in [6, 6.07) is 3.83. The fourth-order valence-corrected chi connectivity index (χ4v) is 2.28. The molecule has 20 heavy (non-hydrogen) atoms. The maximum Gasteiger partial charge on any atom is 0.161 e. The van der Waals surface area contributed by atoms with Gasteiger partial charge in [0.05, 0.1) is 17.2 Å². The second-order valence-corrected chi connectivity index (χ2v) is 4.59. The molecule has 0 aliphatic rings. The molecule has 0 saturated carbocycles. The maximum atomic E-state index is 13.4. The normalized spacial score (nSPS) is 11.2. The molecule has 3 rings (SSSR count). The van der Waals surface area contributed by atoms with Gasteiger partial charge in [0.15, 0.2) is 16.8 Å². The third-order valence-corrected chi connectivity index (χ3v) is 3.17. The number of fused-ring (bicyclic) bond motifs is 1. The van der Waals surface area contributed by atoms with Gasteiger partial charge in [0.1, 0.15) is 5.82 Å². The van der Waals surface area contributed by atoms with Gasteiger partial charge in [0.25, 0.3) is 0 Å². The van der Waals surface area contributed by atoms with Crippen molar-refractivity contribution in [1.82, 2.24) is 19.7 Å². The first kappa shape index (κ1) is 12.9. The van der Waals surface area contributed by atoms with Crippen LogP contribution in [-0.2, 0) is 6.54 Å². The van der Waals surface area contributed by atoms with Gasteiger partial charge in [-0.1, -0.05) is 11.6 Å². The van der Waals surface area contributed by atoms with Crippen molar-refractivity contribution in [3.63, 3.8) is 0 Å². The Morgan fingerprint density at radius 1 is 1.20 bits per heavy atom. The predicted octanol–water partition coefficient (Wildman–Crippen LogP) is 3.44. The van der Waals surface area contributed by atoms with Crippen LogP contribution < -0.4 is 0 Å². The highest BCUT2D eigenvalue weighted by atomic mass is 35.5. The lowest BCUT2D eigenvalue weighted by molar-refractivity contribution is 0.510. The quantitative estimate of drug-likeness (QED) is 0.727. The summed E-state index contributed by atoms with van der Waals surface area (Å²) >= 11 is 5.81. The summed E-state index contributed by atoms with van der Waals surface area (Å²) in [6.45, 7) is 2.44. The second-order valence-electron chi connectivity index (χ2n) is 4.20. The van der Waals surface area contributed by atoms with Crippen molar-refractivity contribution >= 4 is 22.6 Å². The fraction of sp³-hybridized carbons (Fsp3) is 0.154. The van der Waals surface area contributed by atoms with E-state index in [2.05, 4.69) is 15.2 Å². The van der Waals surface area contributed by atoms with Gasteiger partial charge in [-0.15, -0.1) is 5.10 Å². The van der Waals surface area contributed by atoms with E-state index >= 15 is 0 Å². The van der Waals surface area contributed by atoms with E-state index in [4.69, 9.17) is 11.6 Å². The number of benzene rings is 1. The molecule has 1 aromatic carbocycles. The number of aryl methyl sites for hydroxylation is 1. The highest BCUT2D eigenvalue weighted by molar-refractivity contribution is 6.29. The zero-order chi connectivity index (χ0) is 14.3. The number of rotatable bonds is 2. The molecule has 102 valence electrons. The van der Waals surface area contributed by atoms with Gasteiger partial charge in [-0.3, -0.25) is 0 Å². The molecule has 2 aromatic heterocycles. The van der Waals surface area contributed by atoms with Crippen LogP contribution in [0.5, 0.6) is 0 Å². The van der Waals surface area contributed by atoms with Crippen molar-refractivity contribution in [2.24, 2.45) is 0 Å². The number of nitrogens with zero attached hydrogens (tertiary/aromatic N) is 4. The Labute approximate surface area is 118 Å². The largest absolute Gasteiger partial charge is 0.324 e. The van der Waals surface area contributed by atoms with E-state index in [0.29, 0.717) is 29.0 Å². The standard InChI is InChI=1S/C13H9ClF2N4/c1-2-20-11-5-9(16)8(15)4-10(11)18-13(20)7-3-12(14)19-17-6-7/h3-6H,2H2,1H3. The molecular formula is C13H9ClF2N4. The van der Waals surface area contributed by atoms with Gasteiger partial charge in [-0.25, -0.2) is 13.8 Å². The lowest BCUT2D eigenvalue weighted by atomic mass is 10.3. The predicted molar refractivity (Wildman–Crippen MR) is 71.4 cm³/mol. The van der Waals surface area contributed by atoms with Crippen LogP contribution in [0.3, 0.4) is 0 Å². The van der Waals surface area contributed by atoms with Crippen molar-refractivity contribution in [2.45, 2.75) is 13.5 Å². The molecule has 0 saturated heterocycles. The van der Waals surface area contributed by atoms with Crippen LogP contribution in [0, 0.1) is 11.6 Å². The number of halogens is 3. The van der Waals surface area contributed by atoms with Crippen LogP contribution in [0.15, 0.2) is 24.4 Å². The summed E-state index contributed by atoms with van der Waals surface area (Å²) < 4.78 is 28.4. The van der Waals surface area contributed by atoms with Crippen molar-refractivity contribution in [3.8, 4) is 11.4 Å². The van der Waals surface area contributed by atoms with Crippen molar-refractivity contribution in [3.05, 3.63) is 41.2 Å². The third kappa shape index (κ3) is 2.02. The molecular weight excluding hydrogens is 286 g/mol. The molecule has 4 nitrogen and oxygen atoms in total. The van der Waals surface area contributed by atoms with Gasteiger partial charge < -0.3 is 4.57 Å². The molecule has 2 heterocycles. The molecule has 0 unspecified atom stereocenters. The number of aromatic nitrogens is 4.